The van der Waals surface area contributed by atoms with Crippen molar-refractivity contribution in [3.8, 4) is 0 Å². The number of rotatable bonds is 8. The van der Waals surface area contributed by atoms with E-state index < -0.39 is 5.97 Å². The molecule has 0 saturated carbocycles. The number of aromatic nitrogens is 1. The highest BCUT2D eigenvalue weighted by Crippen LogP contribution is 2.21. The van der Waals surface area contributed by atoms with Gasteiger partial charge in [0.05, 0.1) is 17.0 Å². The zero-order valence-electron chi connectivity index (χ0n) is 14.4. The van der Waals surface area contributed by atoms with Gasteiger partial charge in [0.2, 0.25) is 5.91 Å². The summed E-state index contributed by atoms with van der Waals surface area (Å²) in [6.45, 7) is 5.86. The van der Waals surface area contributed by atoms with Crippen LogP contribution in [0.5, 0.6) is 0 Å². The summed E-state index contributed by atoms with van der Waals surface area (Å²) in [6.07, 6.45) is 0.177. The highest BCUT2D eigenvalue weighted by atomic mass is 32.1. The fraction of sp³-hybridized carbons (Fsp3) is 0.412. The molecule has 8 heteroatoms. The number of hydrogen-bond acceptors (Lipinski definition) is 7. The maximum absolute atomic E-state index is 12.0. The number of nitrogens with zero attached hydrogens (tertiary/aromatic N) is 2. The number of hydrogen-bond donors (Lipinski definition) is 0. The number of ketones is 1. The number of ether oxygens (including phenoxy) is 1. The van der Waals surface area contributed by atoms with Crippen molar-refractivity contribution in [1.29, 1.82) is 0 Å². The van der Waals surface area contributed by atoms with E-state index in [1.54, 1.807) is 16.3 Å². The van der Waals surface area contributed by atoms with Gasteiger partial charge in [0.25, 0.3) is 0 Å². The normalized spacial score (nSPS) is 10.5. The van der Waals surface area contributed by atoms with Crippen molar-refractivity contribution in [2.24, 2.45) is 0 Å². The number of Topliss-reactive ketones (excluding diaryl/α,β-unsaturated/α-hetero) is 1. The molecule has 2 aromatic rings. The van der Waals surface area contributed by atoms with Crippen molar-refractivity contribution < 1.29 is 19.1 Å². The fourth-order valence-electron chi connectivity index (χ4n) is 2.13. The van der Waals surface area contributed by atoms with E-state index in [0.29, 0.717) is 22.2 Å². The van der Waals surface area contributed by atoms with Gasteiger partial charge < -0.3 is 4.74 Å². The Hall–Kier alpha value is -2.06. The molecule has 0 aliphatic carbocycles. The third kappa shape index (κ3) is 5.47. The first-order valence-electron chi connectivity index (χ1n) is 7.88. The largest absolute Gasteiger partial charge is 0.459 e. The molecule has 0 aliphatic heterocycles. The molecule has 0 aliphatic rings. The first-order chi connectivity index (χ1) is 11.9. The van der Waals surface area contributed by atoms with Crippen LogP contribution in [0.2, 0.25) is 0 Å². The quantitative estimate of drug-likeness (QED) is 0.517. The fourth-order valence-corrected chi connectivity index (χ4v) is 3.88. The second-order valence-electron chi connectivity index (χ2n) is 5.38. The molecule has 0 aromatic carbocycles. The van der Waals surface area contributed by atoms with Crippen LogP contribution in [0.3, 0.4) is 0 Å². The smallest absolute Gasteiger partial charge is 0.306 e. The summed E-state index contributed by atoms with van der Waals surface area (Å²) in [5.74, 6) is -0.566. The molecule has 2 heterocycles. The minimum absolute atomic E-state index is 0.0388. The molecule has 0 atom stereocenters. The molecule has 1 amide bonds. The Labute approximate surface area is 154 Å². The number of aryl methyl sites for hydroxylation is 1. The van der Waals surface area contributed by atoms with Crippen LogP contribution in [0.1, 0.15) is 46.9 Å². The zero-order valence-corrected chi connectivity index (χ0v) is 16.0. The molecule has 0 spiro atoms. The Bertz CT molecular complexity index is 766. The van der Waals surface area contributed by atoms with Gasteiger partial charge in [-0.1, -0.05) is 0 Å². The second kappa shape index (κ2) is 8.87. The molecule has 0 N–H and O–H groups in total. The lowest BCUT2D eigenvalue weighted by Gasteiger charge is -2.14. The lowest BCUT2D eigenvalue weighted by molar-refractivity contribution is -0.145. The summed E-state index contributed by atoms with van der Waals surface area (Å²) in [7, 11) is 0. The van der Waals surface area contributed by atoms with Crippen LogP contribution in [-0.2, 0) is 20.9 Å². The number of amides is 1. The van der Waals surface area contributed by atoms with Gasteiger partial charge in [-0.2, -0.15) is 0 Å². The minimum atomic E-state index is -0.435. The van der Waals surface area contributed by atoms with Crippen molar-refractivity contribution >= 4 is 45.5 Å². The number of thiophene rings is 1. The Kier molecular flexibility index (Phi) is 6.83. The number of carbonyl (C=O) groups excluding carboxylic acids is 3. The van der Waals surface area contributed by atoms with E-state index in [1.165, 1.54) is 29.6 Å². The maximum atomic E-state index is 12.0. The van der Waals surface area contributed by atoms with Crippen LogP contribution < -0.4 is 4.90 Å². The summed E-state index contributed by atoms with van der Waals surface area (Å²) < 4.78 is 5.16. The predicted octanol–water partition coefficient (Wildman–Crippen LogP) is 3.59. The van der Waals surface area contributed by atoms with Crippen molar-refractivity contribution in [1.82, 2.24) is 4.98 Å². The van der Waals surface area contributed by atoms with E-state index in [4.69, 9.17) is 4.74 Å². The Balaban J connectivity index is 1.79. The SMILES string of the molecule is CCN(C(C)=O)c1nc(COC(=O)CCC(=O)c2ccc(C)s2)cs1. The van der Waals surface area contributed by atoms with E-state index >= 15 is 0 Å². The molecule has 0 radical (unpaired) electrons. The monoisotopic (exact) mass is 380 g/mol. The van der Waals surface area contributed by atoms with Gasteiger partial charge in [-0.05, 0) is 26.0 Å². The van der Waals surface area contributed by atoms with Gasteiger partial charge >= 0.3 is 5.97 Å². The number of thiazole rings is 1. The van der Waals surface area contributed by atoms with Crippen LogP contribution in [0.15, 0.2) is 17.5 Å². The van der Waals surface area contributed by atoms with Crippen LogP contribution in [0, 0.1) is 6.92 Å². The van der Waals surface area contributed by atoms with Crippen molar-refractivity contribution in [3.63, 3.8) is 0 Å². The highest BCUT2D eigenvalue weighted by molar-refractivity contribution is 7.14. The van der Waals surface area contributed by atoms with Crippen molar-refractivity contribution in [2.75, 3.05) is 11.4 Å². The van der Waals surface area contributed by atoms with E-state index in [9.17, 15) is 14.4 Å². The van der Waals surface area contributed by atoms with E-state index in [0.717, 1.165) is 4.88 Å². The highest BCUT2D eigenvalue weighted by Gasteiger charge is 2.15. The molecule has 25 heavy (non-hydrogen) atoms. The summed E-state index contributed by atoms with van der Waals surface area (Å²) in [5, 5.41) is 2.35. The first kappa shape index (κ1) is 19.3. The summed E-state index contributed by atoms with van der Waals surface area (Å²) in [5.41, 5.74) is 0.591. The molecule has 0 unspecified atom stereocenters. The average molecular weight is 380 g/mol. The maximum Gasteiger partial charge on any atom is 0.306 e. The Morgan fingerprint density at radius 1 is 1.24 bits per heavy atom. The lowest BCUT2D eigenvalue weighted by Crippen LogP contribution is -2.27. The van der Waals surface area contributed by atoms with Crippen molar-refractivity contribution in [3.05, 3.63) is 33.0 Å². The molecule has 134 valence electrons. The van der Waals surface area contributed by atoms with E-state index in [-0.39, 0.29) is 31.1 Å². The van der Waals surface area contributed by atoms with Crippen LogP contribution in [-0.4, -0.2) is 29.2 Å². The van der Waals surface area contributed by atoms with Gasteiger partial charge in [0, 0.05) is 30.1 Å². The minimum Gasteiger partial charge on any atom is -0.459 e. The summed E-state index contributed by atoms with van der Waals surface area (Å²) in [6, 6.07) is 3.66. The third-order valence-electron chi connectivity index (χ3n) is 3.42. The topological polar surface area (TPSA) is 76.6 Å². The second-order valence-corrected chi connectivity index (χ2v) is 7.50. The third-order valence-corrected chi connectivity index (χ3v) is 5.37. The molecule has 2 rings (SSSR count). The van der Waals surface area contributed by atoms with Gasteiger partial charge in [-0.25, -0.2) is 4.98 Å². The van der Waals surface area contributed by atoms with Crippen LogP contribution in [0.25, 0.3) is 0 Å². The van der Waals surface area contributed by atoms with Gasteiger partial charge in [0.15, 0.2) is 10.9 Å². The van der Waals surface area contributed by atoms with Gasteiger partial charge in [-0.15, -0.1) is 22.7 Å². The molecule has 0 fully saturated rings. The zero-order chi connectivity index (χ0) is 18.4. The number of anilines is 1. The molecule has 2 aromatic heterocycles. The predicted molar refractivity (Wildman–Crippen MR) is 98.2 cm³/mol. The number of carbonyl (C=O) groups is 3. The average Bonchev–Trinajstić information content (AvgIpc) is 3.20. The Morgan fingerprint density at radius 3 is 2.60 bits per heavy atom. The molecular weight excluding hydrogens is 360 g/mol. The standard InChI is InChI=1S/C17H20N2O4S2/c1-4-19(12(3)20)17-18-13(10-24-17)9-23-16(22)8-6-14(21)15-7-5-11(2)25-15/h5,7,10H,4,6,8-9H2,1-3H3. The van der Waals surface area contributed by atoms with Gasteiger partial charge in [0.1, 0.15) is 6.61 Å². The molecule has 6 nitrogen and oxygen atoms in total. The number of esters is 1. The van der Waals surface area contributed by atoms with Gasteiger partial charge in [-0.3, -0.25) is 19.3 Å². The molecular formula is C17H20N2O4S2. The van der Waals surface area contributed by atoms with Crippen LogP contribution >= 0.6 is 22.7 Å². The molecule has 0 bridgehead atoms. The van der Waals surface area contributed by atoms with E-state index in [2.05, 4.69) is 4.98 Å². The Morgan fingerprint density at radius 2 is 2.00 bits per heavy atom. The summed E-state index contributed by atoms with van der Waals surface area (Å²) >= 11 is 2.76. The first-order valence-corrected chi connectivity index (χ1v) is 9.58. The van der Waals surface area contributed by atoms with E-state index in [1.807, 2.05) is 19.9 Å². The lowest BCUT2D eigenvalue weighted by atomic mass is 10.2. The van der Waals surface area contributed by atoms with Crippen molar-refractivity contribution in [2.45, 2.75) is 40.2 Å². The summed E-state index contributed by atoms with van der Waals surface area (Å²) in [4.78, 5) is 42.8. The molecule has 0 saturated heterocycles. The van der Waals surface area contributed by atoms with Crippen LogP contribution in [0.4, 0.5) is 5.13 Å².